The van der Waals surface area contributed by atoms with Crippen LogP contribution in [0, 0.1) is 0 Å². The summed E-state index contributed by atoms with van der Waals surface area (Å²) in [5, 5.41) is 9.91. The van der Waals surface area contributed by atoms with Crippen LogP contribution in [0.2, 0.25) is 0 Å². The third kappa shape index (κ3) is 3.77. The molecule has 0 saturated carbocycles. The van der Waals surface area contributed by atoms with Gasteiger partial charge in [0.15, 0.2) is 0 Å². The van der Waals surface area contributed by atoms with E-state index in [-0.39, 0.29) is 0 Å². The standard InChI is InChI=1S/C42H25N3S/c1-3-12-27(13-4-1)34-25-35(28-14-5-2-6-15-28)44-42(43-34)45-36-21-19-26-11-9-10-18-31(26)39(36)32-20-22-37-40(41(32)45)33-23-29-16-7-8-17-30(29)24-38(33)46-37/h1-25H. The van der Waals surface area contributed by atoms with Crippen LogP contribution in [0.3, 0.4) is 0 Å². The van der Waals surface area contributed by atoms with Gasteiger partial charge in [-0.25, -0.2) is 9.97 Å². The predicted molar refractivity (Wildman–Crippen MR) is 195 cm³/mol. The zero-order chi connectivity index (χ0) is 30.2. The van der Waals surface area contributed by atoms with Gasteiger partial charge in [-0.15, -0.1) is 11.3 Å². The van der Waals surface area contributed by atoms with E-state index >= 15 is 0 Å². The number of nitrogens with zero attached hydrogens (tertiary/aromatic N) is 3. The van der Waals surface area contributed by atoms with Crippen LogP contribution in [0.15, 0.2) is 152 Å². The molecule has 0 bridgehead atoms. The van der Waals surface area contributed by atoms with E-state index in [2.05, 4.69) is 144 Å². The van der Waals surface area contributed by atoms with Crippen molar-refractivity contribution in [1.29, 1.82) is 0 Å². The van der Waals surface area contributed by atoms with Crippen LogP contribution < -0.4 is 0 Å². The molecular formula is C42H25N3S. The van der Waals surface area contributed by atoms with Crippen LogP contribution in [-0.2, 0) is 0 Å². The largest absolute Gasteiger partial charge is 0.277 e. The average Bonchev–Trinajstić information content (AvgIpc) is 3.66. The number of rotatable bonds is 3. The maximum absolute atomic E-state index is 5.33. The summed E-state index contributed by atoms with van der Waals surface area (Å²) in [6.07, 6.45) is 0. The molecule has 0 aliphatic heterocycles. The monoisotopic (exact) mass is 603 g/mol. The molecule has 0 N–H and O–H groups in total. The van der Waals surface area contributed by atoms with Gasteiger partial charge in [0.25, 0.3) is 0 Å². The first-order valence-electron chi connectivity index (χ1n) is 15.5. The lowest BCUT2D eigenvalue weighted by molar-refractivity contribution is 0.998. The fourth-order valence-corrected chi connectivity index (χ4v) is 8.21. The minimum Gasteiger partial charge on any atom is -0.277 e. The van der Waals surface area contributed by atoms with Gasteiger partial charge in [-0.2, -0.15) is 0 Å². The Kier molecular flexibility index (Phi) is 5.45. The van der Waals surface area contributed by atoms with Crippen molar-refractivity contribution in [3.05, 3.63) is 152 Å². The second kappa shape index (κ2) is 9.83. The molecule has 46 heavy (non-hydrogen) atoms. The summed E-state index contributed by atoms with van der Waals surface area (Å²) in [5.74, 6) is 0.670. The fourth-order valence-electron chi connectivity index (χ4n) is 7.08. The highest BCUT2D eigenvalue weighted by molar-refractivity contribution is 7.26. The Balaban J connectivity index is 1.41. The molecule has 0 aliphatic rings. The molecule has 0 spiro atoms. The minimum atomic E-state index is 0.670. The average molecular weight is 604 g/mol. The number of hydrogen-bond donors (Lipinski definition) is 0. The first-order valence-corrected chi connectivity index (χ1v) is 16.3. The Bertz CT molecular complexity index is 2740. The Labute approximate surface area is 268 Å². The van der Waals surface area contributed by atoms with Gasteiger partial charge >= 0.3 is 0 Å². The van der Waals surface area contributed by atoms with Crippen molar-refractivity contribution in [3.8, 4) is 28.5 Å². The van der Waals surface area contributed by atoms with Crippen molar-refractivity contribution in [2.24, 2.45) is 0 Å². The van der Waals surface area contributed by atoms with E-state index < -0.39 is 0 Å². The summed E-state index contributed by atoms with van der Waals surface area (Å²) >= 11 is 1.85. The number of hydrogen-bond acceptors (Lipinski definition) is 3. The van der Waals surface area contributed by atoms with Gasteiger partial charge in [-0.3, -0.25) is 4.57 Å². The van der Waals surface area contributed by atoms with Gasteiger partial charge < -0.3 is 0 Å². The van der Waals surface area contributed by atoms with Crippen LogP contribution in [0.25, 0.3) is 92.0 Å². The molecule has 214 valence electrons. The topological polar surface area (TPSA) is 30.7 Å². The summed E-state index contributed by atoms with van der Waals surface area (Å²) in [5.41, 5.74) is 6.17. The van der Waals surface area contributed by atoms with Crippen LogP contribution in [0.5, 0.6) is 0 Å². The van der Waals surface area contributed by atoms with Crippen LogP contribution in [0.1, 0.15) is 0 Å². The molecule has 0 atom stereocenters. The van der Waals surface area contributed by atoms with E-state index in [9.17, 15) is 0 Å². The van der Waals surface area contributed by atoms with Crippen molar-refractivity contribution in [1.82, 2.24) is 14.5 Å². The highest BCUT2D eigenvalue weighted by Crippen LogP contribution is 2.45. The number of benzene rings is 7. The van der Waals surface area contributed by atoms with Crippen LogP contribution in [0.4, 0.5) is 0 Å². The predicted octanol–water partition coefficient (Wildman–Crippen LogP) is 11.6. The molecule has 0 amide bonds. The van der Waals surface area contributed by atoms with Crippen molar-refractivity contribution in [3.63, 3.8) is 0 Å². The molecule has 0 unspecified atom stereocenters. The third-order valence-electron chi connectivity index (χ3n) is 9.17. The molecule has 10 aromatic rings. The zero-order valence-electron chi connectivity index (χ0n) is 24.7. The first kappa shape index (κ1) is 25.5. The number of aromatic nitrogens is 3. The maximum Gasteiger partial charge on any atom is 0.235 e. The Hall–Kier alpha value is -5.84. The Morgan fingerprint density at radius 1 is 0.435 bits per heavy atom. The SMILES string of the molecule is c1ccc(-c2cc(-c3ccccc3)nc(-n3c4ccc5ccccc5c4c4ccc5sc6cc7ccccc7cc6c5c43)n2)cc1. The van der Waals surface area contributed by atoms with Crippen molar-refractivity contribution in [2.45, 2.75) is 0 Å². The molecule has 10 rings (SSSR count). The van der Waals surface area contributed by atoms with Crippen LogP contribution in [-0.4, -0.2) is 14.5 Å². The van der Waals surface area contributed by atoms with E-state index in [4.69, 9.17) is 9.97 Å². The molecule has 7 aromatic carbocycles. The molecule has 0 aliphatic carbocycles. The number of thiophene rings is 1. The van der Waals surface area contributed by atoms with Crippen molar-refractivity contribution >= 4 is 74.9 Å². The summed E-state index contributed by atoms with van der Waals surface area (Å²) in [7, 11) is 0. The van der Waals surface area contributed by atoms with Gasteiger partial charge in [-0.05, 0) is 51.9 Å². The van der Waals surface area contributed by atoms with Gasteiger partial charge in [0, 0.05) is 42.1 Å². The second-order valence-corrected chi connectivity index (χ2v) is 12.9. The second-order valence-electron chi connectivity index (χ2n) is 11.8. The molecule has 0 fully saturated rings. The molecule has 3 nitrogen and oxygen atoms in total. The van der Waals surface area contributed by atoms with Gasteiger partial charge in [0.1, 0.15) is 0 Å². The third-order valence-corrected chi connectivity index (χ3v) is 10.3. The first-order chi connectivity index (χ1) is 22.8. The molecule has 3 aromatic heterocycles. The Morgan fingerprint density at radius 2 is 1.07 bits per heavy atom. The van der Waals surface area contributed by atoms with Crippen LogP contribution >= 0.6 is 11.3 Å². The van der Waals surface area contributed by atoms with E-state index in [0.29, 0.717) is 5.95 Å². The maximum atomic E-state index is 5.33. The molecule has 4 heteroatoms. The summed E-state index contributed by atoms with van der Waals surface area (Å²) < 4.78 is 4.86. The fraction of sp³-hybridized carbons (Fsp3) is 0. The summed E-state index contributed by atoms with van der Waals surface area (Å²) in [6, 6.07) is 54.0. The van der Waals surface area contributed by atoms with E-state index in [1.807, 2.05) is 23.5 Å². The van der Waals surface area contributed by atoms with E-state index in [1.165, 1.54) is 52.5 Å². The smallest absolute Gasteiger partial charge is 0.235 e. The van der Waals surface area contributed by atoms with Gasteiger partial charge in [-0.1, -0.05) is 121 Å². The summed E-state index contributed by atoms with van der Waals surface area (Å²) in [4.78, 5) is 10.7. The highest BCUT2D eigenvalue weighted by atomic mass is 32.1. The zero-order valence-corrected chi connectivity index (χ0v) is 25.5. The lowest BCUT2D eigenvalue weighted by Crippen LogP contribution is -2.04. The van der Waals surface area contributed by atoms with E-state index in [0.717, 1.165) is 33.5 Å². The van der Waals surface area contributed by atoms with Gasteiger partial charge in [0.2, 0.25) is 5.95 Å². The lowest BCUT2D eigenvalue weighted by atomic mass is 10.0. The van der Waals surface area contributed by atoms with E-state index in [1.54, 1.807) is 0 Å². The number of fused-ring (bicyclic) bond motifs is 10. The normalized spacial score (nSPS) is 11.9. The Morgan fingerprint density at radius 3 is 1.78 bits per heavy atom. The molecule has 0 saturated heterocycles. The highest BCUT2D eigenvalue weighted by Gasteiger charge is 2.22. The lowest BCUT2D eigenvalue weighted by Gasteiger charge is -2.12. The molecular weight excluding hydrogens is 579 g/mol. The van der Waals surface area contributed by atoms with Crippen molar-refractivity contribution < 1.29 is 0 Å². The molecule has 0 radical (unpaired) electrons. The van der Waals surface area contributed by atoms with Crippen molar-refractivity contribution in [2.75, 3.05) is 0 Å². The quantitative estimate of drug-likeness (QED) is 0.201. The summed E-state index contributed by atoms with van der Waals surface area (Å²) in [6.45, 7) is 0. The van der Waals surface area contributed by atoms with Gasteiger partial charge in [0.05, 0.1) is 22.4 Å². The molecule has 3 heterocycles. The minimum absolute atomic E-state index is 0.670.